The highest BCUT2D eigenvalue weighted by Gasteiger charge is 2.30. The number of rotatable bonds is 8. The van der Waals surface area contributed by atoms with Gasteiger partial charge in [-0.1, -0.05) is 67.1 Å². The van der Waals surface area contributed by atoms with Gasteiger partial charge in [-0.3, -0.25) is 9.59 Å². The molecule has 2 amide bonds. The zero-order valence-electron chi connectivity index (χ0n) is 18.4. The van der Waals surface area contributed by atoms with E-state index in [0.717, 1.165) is 23.1 Å². The Kier molecular flexibility index (Phi) is 8.00. The molecule has 156 valence electrons. The molecule has 2 aromatic rings. The number of hydrogen-bond acceptors (Lipinski definition) is 2. The first-order valence-electron chi connectivity index (χ1n) is 10.4. The molecule has 0 bridgehead atoms. The van der Waals surface area contributed by atoms with Gasteiger partial charge >= 0.3 is 0 Å². The number of carbonyl (C=O) groups excluding carboxylic acids is 2. The molecule has 0 aliphatic carbocycles. The molecular weight excluding hydrogens is 360 g/mol. The van der Waals surface area contributed by atoms with Gasteiger partial charge < -0.3 is 10.2 Å². The summed E-state index contributed by atoms with van der Waals surface area (Å²) in [6.45, 7) is 10.4. The van der Waals surface area contributed by atoms with Gasteiger partial charge in [0.2, 0.25) is 11.8 Å². The maximum Gasteiger partial charge on any atom is 0.243 e. The molecule has 0 spiro atoms. The van der Waals surface area contributed by atoms with Gasteiger partial charge in [-0.05, 0) is 51.7 Å². The van der Waals surface area contributed by atoms with Crippen LogP contribution >= 0.6 is 0 Å². The molecule has 0 saturated heterocycles. The highest BCUT2D eigenvalue weighted by molar-refractivity contribution is 5.88. The first kappa shape index (κ1) is 22.7. The number of carbonyl (C=O) groups is 2. The van der Waals surface area contributed by atoms with E-state index in [9.17, 15) is 9.59 Å². The van der Waals surface area contributed by atoms with Crippen LogP contribution in [0.2, 0.25) is 0 Å². The van der Waals surface area contributed by atoms with Gasteiger partial charge in [-0.25, -0.2) is 0 Å². The molecular formula is C25H34N2O2. The fourth-order valence-electron chi connectivity index (χ4n) is 3.33. The lowest BCUT2D eigenvalue weighted by Crippen LogP contribution is -2.54. The molecule has 0 aliphatic rings. The van der Waals surface area contributed by atoms with Crippen molar-refractivity contribution in [3.63, 3.8) is 0 Å². The van der Waals surface area contributed by atoms with Crippen LogP contribution in [0.5, 0.6) is 0 Å². The van der Waals surface area contributed by atoms with Crippen molar-refractivity contribution in [3.8, 4) is 0 Å². The molecule has 4 heteroatoms. The average molecular weight is 395 g/mol. The minimum absolute atomic E-state index is 0.0132. The molecule has 0 aromatic heterocycles. The third-order valence-corrected chi connectivity index (χ3v) is 4.84. The minimum Gasteiger partial charge on any atom is -0.350 e. The zero-order chi connectivity index (χ0) is 21.4. The number of nitrogens with one attached hydrogen (secondary N) is 1. The molecule has 0 aliphatic heterocycles. The van der Waals surface area contributed by atoms with Crippen molar-refractivity contribution >= 4 is 11.8 Å². The Labute approximate surface area is 175 Å². The standard InChI is InChI=1S/C25H34N2O2/c1-6-22(24(29)26-25(3,4)5)27(17-16-20-10-8-7-9-11-20)23(28)18-21-14-12-19(2)13-15-21/h7-15,22H,6,16-18H2,1-5H3,(H,26,29). The summed E-state index contributed by atoms with van der Waals surface area (Å²) in [7, 11) is 0. The van der Waals surface area contributed by atoms with Crippen molar-refractivity contribution in [3.05, 3.63) is 71.3 Å². The number of benzene rings is 2. The van der Waals surface area contributed by atoms with Crippen molar-refractivity contribution in [2.75, 3.05) is 6.54 Å². The highest BCUT2D eigenvalue weighted by atomic mass is 16.2. The molecule has 0 radical (unpaired) electrons. The van der Waals surface area contributed by atoms with E-state index in [4.69, 9.17) is 0 Å². The predicted molar refractivity (Wildman–Crippen MR) is 119 cm³/mol. The first-order valence-corrected chi connectivity index (χ1v) is 10.4. The van der Waals surface area contributed by atoms with Gasteiger partial charge in [0.1, 0.15) is 6.04 Å². The van der Waals surface area contributed by atoms with Gasteiger partial charge in [-0.15, -0.1) is 0 Å². The molecule has 1 unspecified atom stereocenters. The zero-order valence-corrected chi connectivity index (χ0v) is 18.4. The summed E-state index contributed by atoms with van der Waals surface area (Å²) in [5.41, 5.74) is 2.96. The van der Waals surface area contributed by atoms with Gasteiger partial charge in [0, 0.05) is 12.1 Å². The van der Waals surface area contributed by atoms with E-state index in [1.807, 2.05) is 77.1 Å². The van der Waals surface area contributed by atoms with Crippen LogP contribution in [-0.4, -0.2) is 34.8 Å². The summed E-state index contributed by atoms with van der Waals surface area (Å²) < 4.78 is 0. The van der Waals surface area contributed by atoms with Crippen LogP contribution in [0.3, 0.4) is 0 Å². The average Bonchev–Trinajstić information content (AvgIpc) is 2.66. The maximum atomic E-state index is 13.2. The van der Waals surface area contributed by atoms with Crippen LogP contribution in [0.15, 0.2) is 54.6 Å². The second kappa shape index (κ2) is 10.2. The van der Waals surface area contributed by atoms with Crippen molar-refractivity contribution < 1.29 is 9.59 Å². The smallest absolute Gasteiger partial charge is 0.243 e. The molecule has 1 N–H and O–H groups in total. The van der Waals surface area contributed by atoms with Crippen LogP contribution in [-0.2, 0) is 22.4 Å². The lowest BCUT2D eigenvalue weighted by Gasteiger charge is -2.33. The summed E-state index contributed by atoms with van der Waals surface area (Å²) >= 11 is 0. The molecule has 29 heavy (non-hydrogen) atoms. The van der Waals surface area contributed by atoms with Gasteiger partial charge in [-0.2, -0.15) is 0 Å². The Morgan fingerprint density at radius 1 is 0.966 bits per heavy atom. The predicted octanol–water partition coefficient (Wildman–Crippen LogP) is 4.30. The summed E-state index contributed by atoms with van der Waals surface area (Å²) in [5.74, 6) is -0.106. The highest BCUT2D eigenvalue weighted by Crippen LogP contribution is 2.14. The molecule has 4 nitrogen and oxygen atoms in total. The first-order chi connectivity index (χ1) is 13.7. The quantitative estimate of drug-likeness (QED) is 0.726. The Bertz CT molecular complexity index is 792. The van der Waals surface area contributed by atoms with E-state index in [1.54, 1.807) is 4.90 Å². The molecule has 2 rings (SSSR count). The second-order valence-corrected chi connectivity index (χ2v) is 8.65. The number of hydrogen-bond donors (Lipinski definition) is 1. The van der Waals surface area contributed by atoms with Crippen LogP contribution in [0.25, 0.3) is 0 Å². The molecule has 0 fully saturated rings. The third-order valence-electron chi connectivity index (χ3n) is 4.84. The third kappa shape index (κ3) is 7.37. The van der Waals surface area contributed by atoms with E-state index in [2.05, 4.69) is 17.4 Å². The molecule has 0 saturated carbocycles. The van der Waals surface area contributed by atoms with Crippen molar-refractivity contribution in [1.29, 1.82) is 0 Å². The lowest BCUT2D eigenvalue weighted by molar-refractivity contribution is -0.140. The Morgan fingerprint density at radius 2 is 1.59 bits per heavy atom. The number of amides is 2. The van der Waals surface area contributed by atoms with E-state index >= 15 is 0 Å². The van der Waals surface area contributed by atoms with Gasteiger partial charge in [0.15, 0.2) is 0 Å². The van der Waals surface area contributed by atoms with E-state index in [1.165, 1.54) is 0 Å². The molecule has 2 aromatic carbocycles. The van der Waals surface area contributed by atoms with Gasteiger partial charge in [0.05, 0.1) is 6.42 Å². The second-order valence-electron chi connectivity index (χ2n) is 8.65. The maximum absolute atomic E-state index is 13.2. The monoisotopic (exact) mass is 394 g/mol. The fraction of sp³-hybridized carbons (Fsp3) is 0.440. The Balaban J connectivity index is 2.21. The lowest BCUT2D eigenvalue weighted by atomic mass is 10.0. The number of nitrogens with zero attached hydrogens (tertiary/aromatic N) is 1. The molecule has 1 atom stereocenters. The van der Waals surface area contributed by atoms with Crippen LogP contribution in [0.1, 0.15) is 50.8 Å². The number of aryl methyl sites for hydroxylation is 1. The summed E-state index contributed by atoms with van der Waals surface area (Å²) in [6, 6.07) is 17.6. The fourth-order valence-corrected chi connectivity index (χ4v) is 3.33. The largest absolute Gasteiger partial charge is 0.350 e. The van der Waals surface area contributed by atoms with E-state index in [-0.39, 0.29) is 17.4 Å². The summed E-state index contributed by atoms with van der Waals surface area (Å²) in [5, 5.41) is 3.04. The van der Waals surface area contributed by atoms with Crippen LogP contribution in [0, 0.1) is 6.92 Å². The van der Waals surface area contributed by atoms with Crippen LogP contribution in [0.4, 0.5) is 0 Å². The summed E-state index contributed by atoms with van der Waals surface area (Å²) in [4.78, 5) is 27.9. The topological polar surface area (TPSA) is 49.4 Å². The van der Waals surface area contributed by atoms with Gasteiger partial charge in [0.25, 0.3) is 0 Å². The Morgan fingerprint density at radius 3 is 2.14 bits per heavy atom. The van der Waals surface area contributed by atoms with Crippen molar-refractivity contribution in [1.82, 2.24) is 10.2 Å². The van der Waals surface area contributed by atoms with Crippen molar-refractivity contribution in [2.24, 2.45) is 0 Å². The van der Waals surface area contributed by atoms with Crippen molar-refractivity contribution in [2.45, 2.75) is 65.5 Å². The SMILES string of the molecule is CCC(C(=O)NC(C)(C)C)N(CCc1ccccc1)C(=O)Cc1ccc(C)cc1. The van der Waals surface area contributed by atoms with Crippen LogP contribution < -0.4 is 5.32 Å². The Hall–Kier alpha value is -2.62. The van der Waals surface area contributed by atoms with E-state index in [0.29, 0.717) is 19.4 Å². The van der Waals surface area contributed by atoms with E-state index < -0.39 is 6.04 Å². The molecule has 0 heterocycles. The normalized spacial score (nSPS) is 12.3. The summed E-state index contributed by atoms with van der Waals surface area (Å²) in [6.07, 6.45) is 1.60. The minimum atomic E-state index is -0.476.